The van der Waals surface area contributed by atoms with Crippen LogP contribution in [0.15, 0.2) is 162 Å². The van der Waals surface area contributed by atoms with Gasteiger partial charge in [0.25, 0.3) is 0 Å². The van der Waals surface area contributed by atoms with E-state index in [0.29, 0.717) is 11.7 Å². The first-order valence-corrected chi connectivity index (χ1v) is 19.2. The maximum atomic E-state index is 5.19. The van der Waals surface area contributed by atoms with Crippen LogP contribution in [-0.4, -0.2) is 21.2 Å². The van der Waals surface area contributed by atoms with Crippen LogP contribution in [0.2, 0.25) is 0 Å². The van der Waals surface area contributed by atoms with Crippen molar-refractivity contribution in [3.8, 4) is 5.69 Å². The Morgan fingerprint density at radius 1 is 0.691 bits per heavy atom. The third kappa shape index (κ3) is 4.75. The first-order chi connectivity index (χ1) is 26.9. The Morgan fingerprint density at radius 2 is 1.40 bits per heavy atom. The molecule has 8 aromatic rings. The van der Waals surface area contributed by atoms with Crippen molar-refractivity contribution in [1.29, 1.82) is 0 Å². The number of aromatic nitrogens is 2. The van der Waals surface area contributed by atoms with Crippen LogP contribution in [0, 0.1) is 5.41 Å². The summed E-state index contributed by atoms with van der Waals surface area (Å²) in [5.74, 6) is 1.39. The van der Waals surface area contributed by atoms with E-state index in [9.17, 15) is 0 Å². The molecule has 264 valence electrons. The Hall–Kier alpha value is -6.59. The van der Waals surface area contributed by atoms with Crippen molar-refractivity contribution in [1.82, 2.24) is 14.9 Å². The molecule has 6 aromatic carbocycles. The molecule has 3 heterocycles. The summed E-state index contributed by atoms with van der Waals surface area (Å²) >= 11 is 0. The minimum atomic E-state index is -0.332. The van der Waals surface area contributed by atoms with Gasteiger partial charge in [-0.25, -0.2) is 9.98 Å². The molecular formula is C50H39N5. The normalized spacial score (nSPS) is 19.6. The van der Waals surface area contributed by atoms with Crippen LogP contribution in [0.1, 0.15) is 66.1 Å². The highest BCUT2D eigenvalue weighted by Gasteiger charge is 2.54. The van der Waals surface area contributed by atoms with Gasteiger partial charge in [0.05, 0.1) is 17.4 Å². The number of hydrogen-bond donors (Lipinski definition) is 1. The van der Waals surface area contributed by atoms with Crippen molar-refractivity contribution in [2.24, 2.45) is 15.4 Å². The van der Waals surface area contributed by atoms with Gasteiger partial charge in [-0.3, -0.25) is 4.98 Å². The van der Waals surface area contributed by atoms with Gasteiger partial charge >= 0.3 is 0 Å². The van der Waals surface area contributed by atoms with Crippen molar-refractivity contribution in [3.05, 3.63) is 191 Å². The monoisotopic (exact) mass is 709 g/mol. The van der Waals surface area contributed by atoms with E-state index in [1.807, 2.05) is 6.20 Å². The third-order valence-corrected chi connectivity index (χ3v) is 12.8. The van der Waals surface area contributed by atoms with E-state index in [-0.39, 0.29) is 17.0 Å². The molecule has 3 aliphatic rings. The fourth-order valence-electron chi connectivity index (χ4n) is 9.42. The van der Waals surface area contributed by atoms with Gasteiger partial charge in [0.1, 0.15) is 11.9 Å². The van der Waals surface area contributed by atoms with E-state index in [1.54, 1.807) is 0 Å². The lowest BCUT2D eigenvalue weighted by Crippen LogP contribution is -2.38. The second-order valence-corrected chi connectivity index (χ2v) is 16.0. The topological polar surface area (TPSA) is 54.6 Å². The number of nitrogens with zero attached hydrogens (tertiary/aromatic N) is 4. The molecule has 55 heavy (non-hydrogen) atoms. The number of para-hydroxylation sites is 1. The van der Waals surface area contributed by atoms with Crippen molar-refractivity contribution in [3.63, 3.8) is 0 Å². The molecule has 11 rings (SSSR count). The maximum absolute atomic E-state index is 5.19. The van der Waals surface area contributed by atoms with Crippen LogP contribution in [0.25, 0.3) is 49.8 Å². The van der Waals surface area contributed by atoms with Gasteiger partial charge in [0.2, 0.25) is 0 Å². The number of benzene rings is 6. The van der Waals surface area contributed by atoms with Crippen LogP contribution >= 0.6 is 0 Å². The van der Waals surface area contributed by atoms with Crippen molar-refractivity contribution < 1.29 is 0 Å². The summed E-state index contributed by atoms with van der Waals surface area (Å²) in [7, 11) is 0. The van der Waals surface area contributed by atoms with E-state index < -0.39 is 0 Å². The molecule has 0 saturated heterocycles. The highest BCUT2D eigenvalue weighted by atomic mass is 15.2. The van der Waals surface area contributed by atoms with Gasteiger partial charge in [0, 0.05) is 33.0 Å². The summed E-state index contributed by atoms with van der Waals surface area (Å²) in [4.78, 5) is 15.5. The molecule has 2 aromatic heterocycles. The number of allylic oxidation sites excluding steroid dienone is 1. The molecule has 1 aliphatic heterocycles. The highest BCUT2D eigenvalue weighted by Crippen LogP contribution is 2.62. The number of rotatable bonds is 4. The molecule has 2 atom stereocenters. The predicted octanol–water partition coefficient (Wildman–Crippen LogP) is 11.2. The van der Waals surface area contributed by atoms with Crippen molar-refractivity contribution >= 4 is 55.8 Å². The quantitative estimate of drug-likeness (QED) is 0.198. The predicted molar refractivity (Wildman–Crippen MR) is 227 cm³/mol. The Morgan fingerprint density at radius 3 is 2.20 bits per heavy atom. The smallest absolute Gasteiger partial charge is 0.159 e. The molecule has 0 saturated carbocycles. The van der Waals surface area contributed by atoms with Crippen LogP contribution in [-0.2, 0) is 11.8 Å². The molecule has 5 heteroatoms. The number of hydrogen-bond acceptors (Lipinski definition) is 4. The van der Waals surface area contributed by atoms with Gasteiger partial charge in [-0.2, -0.15) is 0 Å². The zero-order valence-electron chi connectivity index (χ0n) is 31.1. The number of nitrogens with one attached hydrogen (secondary N) is 1. The average Bonchev–Trinajstić information content (AvgIpc) is 3.63. The second-order valence-electron chi connectivity index (χ2n) is 16.0. The fraction of sp³-hybridized carbons (Fsp3) is 0.140. The Balaban J connectivity index is 1.01. The second kappa shape index (κ2) is 11.7. The molecule has 2 unspecified atom stereocenters. The lowest BCUT2D eigenvalue weighted by molar-refractivity contribution is 0.264. The number of pyridine rings is 1. The lowest BCUT2D eigenvalue weighted by atomic mass is 9.61. The van der Waals surface area contributed by atoms with Crippen LogP contribution in [0.3, 0.4) is 0 Å². The molecule has 0 bridgehead atoms. The average molecular weight is 710 g/mol. The molecule has 0 fully saturated rings. The minimum Gasteiger partial charge on any atom is -0.343 e. The van der Waals surface area contributed by atoms with Crippen LogP contribution in [0.4, 0.5) is 0 Å². The minimum absolute atomic E-state index is 0.0206. The standard InChI is InChI=1S/C50H39N5/c1-49(2)41-18-10-8-17-39(41)42-28-40-38-16-9-11-19-44(38)55(45(40)29-50(42,49)3)37-24-25-43(51-30-37)48-53-46(35-22-20-31-12-4-6-14-33(31)26-35)52-47(54-48)36-23-21-32-13-5-7-15-34(32)27-36/h4-28,30,46H,29H2,1-3H3,(H,52,53,54). The number of amidine groups is 2. The molecule has 2 aliphatic carbocycles. The van der Waals surface area contributed by atoms with Crippen molar-refractivity contribution in [2.45, 2.75) is 38.8 Å². The molecule has 1 N–H and O–H groups in total. The first kappa shape index (κ1) is 31.9. The van der Waals surface area contributed by atoms with Gasteiger partial charge in [0.15, 0.2) is 11.7 Å². The summed E-state index contributed by atoms with van der Waals surface area (Å²) in [6.07, 6.45) is 5.09. The fourth-order valence-corrected chi connectivity index (χ4v) is 9.42. The van der Waals surface area contributed by atoms with Crippen molar-refractivity contribution in [2.75, 3.05) is 0 Å². The molecular weight excluding hydrogens is 671 g/mol. The van der Waals surface area contributed by atoms with Gasteiger partial charge in [-0.15, -0.1) is 0 Å². The summed E-state index contributed by atoms with van der Waals surface area (Å²) in [6, 6.07) is 51.9. The number of fused-ring (bicyclic) bond motifs is 8. The Bertz CT molecular complexity index is 2980. The van der Waals surface area contributed by atoms with Gasteiger partial charge in [-0.1, -0.05) is 136 Å². The largest absolute Gasteiger partial charge is 0.343 e. The summed E-state index contributed by atoms with van der Waals surface area (Å²) < 4.78 is 2.44. The SMILES string of the molecule is CC12Cc3c(c4ccccc4n3-c3ccc(C4=NC(c5ccc6ccccc6c5)=NC(c5ccc6ccccc6c5)N4)nc3)C=C1c1ccccc1C2(C)C. The Labute approximate surface area is 320 Å². The summed E-state index contributed by atoms with van der Waals surface area (Å²) in [5.41, 5.74) is 11.9. The zero-order valence-corrected chi connectivity index (χ0v) is 31.1. The molecule has 0 amide bonds. The first-order valence-electron chi connectivity index (χ1n) is 19.2. The van der Waals surface area contributed by atoms with Crippen LogP contribution in [0.5, 0.6) is 0 Å². The molecule has 0 radical (unpaired) electrons. The third-order valence-electron chi connectivity index (χ3n) is 12.8. The lowest BCUT2D eigenvalue weighted by Gasteiger charge is -2.42. The van der Waals surface area contributed by atoms with E-state index in [0.717, 1.165) is 34.3 Å². The van der Waals surface area contributed by atoms with E-state index in [2.05, 4.69) is 182 Å². The van der Waals surface area contributed by atoms with Crippen LogP contribution < -0.4 is 5.32 Å². The van der Waals surface area contributed by atoms with E-state index in [4.69, 9.17) is 15.0 Å². The summed E-state index contributed by atoms with van der Waals surface area (Å²) in [6.45, 7) is 7.29. The number of aliphatic imine (C=N–C) groups is 2. The van der Waals surface area contributed by atoms with Gasteiger partial charge < -0.3 is 9.88 Å². The van der Waals surface area contributed by atoms with E-state index >= 15 is 0 Å². The van der Waals surface area contributed by atoms with Gasteiger partial charge in [-0.05, 0) is 86.6 Å². The van der Waals surface area contributed by atoms with E-state index in [1.165, 1.54) is 55.0 Å². The molecule has 0 spiro atoms. The zero-order chi connectivity index (χ0) is 36.9. The maximum Gasteiger partial charge on any atom is 0.159 e. The molecule has 5 nitrogen and oxygen atoms in total. The summed E-state index contributed by atoms with van der Waals surface area (Å²) in [5, 5.41) is 9.65. The Kier molecular flexibility index (Phi) is 6.79. The highest BCUT2D eigenvalue weighted by molar-refractivity contribution is 6.13.